The average molecular weight is 198 g/mol. The summed E-state index contributed by atoms with van der Waals surface area (Å²) in [6.07, 6.45) is 7.77. The third-order valence-corrected chi connectivity index (χ3v) is 3.05. The van der Waals surface area contributed by atoms with Gasteiger partial charge in [-0.3, -0.25) is 4.79 Å². The molecule has 1 N–H and O–H groups in total. The molecule has 2 unspecified atom stereocenters. The number of hydrogen-bond acceptors (Lipinski definition) is 2. The van der Waals surface area contributed by atoms with Gasteiger partial charge in [0.05, 0.1) is 6.10 Å². The van der Waals surface area contributed by atoms with E-state index >= 15 is 0 Å². The van der Waals surface area contributed by atoms with Crippen LogP contribution >= 0.6 is 0 Å². The lowest BCUT2D eigenvalue weighted by Crippen LogP contribution is -2.26. The lowest BCUT2D eigenvalue weighted by Gasteiger charge is -2.24. The van der Waals surface area contributed by atoms with E-state index < -0.39 is 0 Å². The van der Waals surface area contributed by atoms with Gasteiger partial charge in [0.2, 0.25) is 0 Å². The molecule has 0 amide bonds. The van der Waals surface area contributed by atoms with E-state index in [2.05, 4.69) is 6.92 Å². The molecule has 82 valence electrons. The Bertz CT molecular complexity index is 177. The van der Waals surface area contributed by atoms with Crippen molar-refractivity contribution in [2.24, 2.45) is 5.92 Å². The number of aliphatic hydroxyl groups excluding tert-OH is 1. The van der Waals surface area contributed by atoms with Crippen molar-refractivity contribution in [1.82, 2.24) is 0 Å². The molecule has 14 heavy (non-hydrogen) atoms. The predicted molar refractivity (Wildman–Crippen MR) is 57.1 cm³/mol. The summed E-state index contributed by atoms with van der Waals surface area (Å²) in [6.45, 7) is 2.20. The smallest absolute Gasteiger partial charge is 0.135 e. The van der Waals surface area contributed by atoms with Crippen LogP contribution < -0.4 is 0 Å². The van der Waals surface area contributed by atoms with Crippen LogP contribution in [0, 0.1) is 5.92 Å². The topological polar surface area (TPSA) is 37.3 Å². The maximum absolute atomic E-state index is 11.2. The number of aliphatic hydroxyl groups is 1. The predicted octanol–water partition coefficient (Wildman–Crippen LogP) is 2.69. The zero-order chi connectivity index (χ0) is 10.4. The zero-order valence-electron chi connectivity index (χ0n) is 9.17. The van der Waals surface area contributed by atoms with Gasteiger partial charge in [0, 0.05) is 12.8 Å². The highest BCUT2D eigenvalue weighted by Crippen LogP contribution is 2.26. The van der Waals surface area contributed by atoms with Crippen molar-refractivity contribution in [1.29, 1.82) is 0 Å². The van der Waals surface area contributed by atoms with Gasteiger partial charge in [0.15, 0.2) is 0 Å². The maximum atomic E-state index is 11.2. The summed E-state index contributed by atoms with van der Waals surface area (Å²) in [7, 11) is 0. The first kappa shape index (κ1) is 11.7. The second kappa shape index (κ2) is 6.18. The molecule has 1 aliphatic carbocycles. The number of carbonyl (C=O) groups excluding carboxylic acids is 1. The molecule has 1 saturated carbocycles. The third kappa shape index (κ3) is 4.23. The molecule has 0 spiro atoms. The van der Waals surface area contributed by atoms with E-state index in [9.17, 15) is 9.90 Å². The molecular formula is C12H22O2. The van der Waals surface area contributed by atoms with Crippen LogP contribution in [-0.2, 0) is 4.79 Å². The highest BCUT2D eigenvalue weighted by atomic mass is 16.3. The minimum atomic E-state index is -0.354. The van der Waals surface area contributed by atoms with Gasteiger partial charge in [-0.15, -0.1) is 0 Å². The highest BCUT2D eigenvalue weighted by molar-refractivity contribution is 5.79. The van der Waals surface area contributed by atoms with Crippen molar-refractivity contribution in [2.45, 2.75) is 64.4 Å². The van der Waals surface area contributed by atoms with Crippen molar-refractivity contribution in [3.05, 3.63) is 0 Å². The molecule has 0 radical (unpaired) electrons. The monoisotopic (exact) mass is 198 g/mol. The molecule has 0 saturated heterocycles. The maximum Gasteiger partial charge on any atom is 0.135 e. The Morgan fingerprint density at radius 3 is 2.71 bits per heavy atom. The van der Waals surface area contributed by atoms with Gasteiger partial charge in [-0.25, -0.2) is 0 Å². The minimum Gasteiger partial charge on any atom is -0.393 e. The fraction of sp³-hybridized carbons (Fsp3) is 0.917. The Morgan fingerprint density at radius 1 is 1.29 bits per heavy atom. The molecule has 2 heteroatoms. The molecule has 2 atom stereocenters. The fourth-order valence-corrected chi connectivity index (χ4v) is 2.30. The van der Waals surface area contributed by atoms with E-state index in [0.29, 0.717) is 18.8 Å². The van der Waals surface area contributed by atoms with Crippen molar-refractivity contribution in [2.75, 3.05) is 0 Å². The summed E-state index contributed by atoms with van der Waals surface area (Å²) in [5.74, 6) is 0.715. The number of hydrogen-bond donors (Lipinski definition) is 1. The van der Waals surface area contributed by atoms with Gasteiger partial charge in [-0.1, -0.05) is 32.6 Å². The second-order valence-electron chi connectivity index (χ2n) is 4.55. The van der Waals surface area contributed by atoms with Crippen LogP contribution in [0.2, 0.25) is 0 Å². The largest absolute Gasteiger partial charge is 0.393 e. The van der Waals surface area contributed by atoms with Gasteiger partial charge in [-0.05, 0) is 18.8 Å². The molecule has 1 aliphatic rings. The number of unbranched alkanes of at least 4 members (excludes halogenated alkanes) is 3. The molecule has 0 heterocycles. The lowest BCUT2D eigenvalue weighted by molar-refractivity contribution is -0.124. The highest BCUT2D eigenvalue weighted by Gasteiger charge is 2.25. The van der Waals surface area contributed by atoms with Gasteiger partial charge in [0.1, 0.15) is 5.78 Å². The standard InChI is InChI=1S/C12H22O2/c1-2-3-4-5-6-10-7-11(13)9-12(14)8-10/h10-11,13H,2-9H2,1H3. The number of ketones is 1. The zero-order valence-corrected chi connectivity index (χ0v) is 9.17. The van der Waals surface area contributed by atoms with E-state index in [1.807, 2.05) is 0 Å². The third-order valence-electron chi connectivity index (χ3n) is 3.05. The SMILES string of the molecule is CCCCCCC1CC(=O)CC(O)C1. The van der Waals surface area contributed by atoms with E-state index in [4.69, 9.17) is 0 Å². The Hall–Kier alpha value is -0.370. The molecule has 1 fully saturated rings. The van der Waals surface area contributed by atoms with Crippen LogP contribution in [0.3, 0.4) is 0 Å². The van der Waals surface area contributed by atoms with E-state index in [1.54, 1.807) is 0 Å². The number of carbonyl (C=O) groups is 1. The Morgan fingerprint density at radius 2 is 2.07 bits per heavy atom. The normalized spacial score (nSPS) is 28.0. The molecular weight excluding hydrogens is 176 g/mol. The molecule has 0 aromatic rings. The van der Waals surface area contributed by atoms with Crippen LogP contribution in [-0.4, -0.2) is 17.0 Å². The van der Waals surface area contributed by atoms with Gasteiger partial charge >= 0.3 is 0 Å². The van der Waals surface area contributed by atoms with Crippen LogP contribution in [0.25, 0.3) is 0 Å². The van der Waals surface area contributed by atoms with Gasteiger partial charge in [0.25, 0.3) is 0 Å². The Kier molecular flexibility index (Phi) is 5.16. The lowest BCUT2D eigenvalue weighted by atomic mass is 9.83. The van der Waals surface area contributed by atoms with E-state index in [0.717, 1.165) is 12.8 Å². The number of rotatable bonds is 5. The molecule has 2 nitrogen and oxygen atoms in total. The molecule has 0 bridgehead atoms. The van der Waals surface area contributed by atoms with Crippen LogP contribution in [0.4, 0.5) is 0 Å². The quantitative estimate of drug-likeness (QED) is 0.690. The van der Waals surface area contributed by atoms with Crippen LogP contribution in [0.1, 0.15) is 58.3 Å². The fourth-order valence-electron chi connectivity index (χ4n) is 2.30. The van der Waals surface area contributed by atoms with E-state index in [-0.39, 0.29) is 11.9 Å². The molecule has 1 rings (SSSR count). The number of Topliss-reactive ketones (excluding diaryl/α,β-unsaturated/α-hetero) is 1. The first-order valence-corrected chi connectivity index (χ1v) is 5.92. The molecule has 0 aromatic heterocycles. The summed E-state index contributed by atoms with van der Waals surface area (Å²) < 4.78 is 0. The van der Waals surface area contributed by atoms with Crippen molar-refractivity contribution < 1.29 is 9.90 Å². The summed E-state index contributed by atoms with van der Waals surface area (Å²) >= 11 is 0. The van der Waals surface area contributed by atoms with Crippen molar-refractivity contribution >= 4 is 5.78 Å². The van der Waals surface area contributed by atoms with E-state index in [1.165, 1.54) is 25.7 Å². The molecule has 0 aromatic carbocycles. The Labute approximate surface area is 86.7 Å². The van der Waals surface area contributed by atoms with Crippen molar-refractivity contribution in [3.63, 3.8) is 0 Å². The first-order valence-electron chi connectivity index (χ1n) is 5.92. The van der Waals surface area contributed by atoms with Crippen LogP contribution in [0.15, 0.2) is 0 Å². The summed E-state index contributed by atoms with van der Waals surface area (Å²) in [5, 5.41) is 9.43. The van der Waals surface area contributed by atoms with Crippen molar-refractivity contribution in [3.8, 4) is 0 Å². The Balaban J connectivity index is 2.14. The van der Waals surface area contributed by atoms with Crippen LogP contribution in [0.5, 0.6) is 0 Å². The van der Waals surface area contributed by atoms with Gasteiger partial charge in [-0.2, -0.15) is 0 Å². The first-order chi connectivity index (χ1) is 6.72. The summed E-state index contributed by atoms with van der Waals surface area (Å²) in [4.78, 5) is 11.2. The summed E-state index contributed by atoms with van der Waals surface area (Å²) in [6, 6.07) is 0. The summed E-state index contributed by atoms with van der Waals surface area (Å²) in [5.41, 5.74) is 0. The second-order valence-corrected chi connectivity index (χ2v) is 4.55. The molecule has 0 aliphatic heterocycles. The van der Waals surface area contributed by atoms with Gasteiger partial charge < -0.3 is 5.11 Å². The minimum absolute atomic E-state index is 0.254. The average Bonchev–Trinajstić information content (AvgIpc) is 2.11.